The highest BCUT2D eigenvalue weighted by Gasteiger charge is 2.29. The average Bonchev–Trinajstić information content (AvgIpc) is 2.36. The SMILES string of the molecule is CC(C)C1CCC(N)C(Cc2ccc(Cl)c(F)c2)C1. The van der Waals surface area contributed by atoms with Crippen LogP contribution in [0.5, 0.6) is 0 Å². The van der Waals surface area contributed by atoms with Gasteiger partial charge < -0.3 is 5.73 Å². The van der Waals surface area contributed by atoms with Crippen LogP contribution in [0.2, 0.25) is 5.02 Å². The Kier molecular flexibility index (Phi) is 4.86. The largest absolute Gasteiger partial charge is 0.327 e. The van der Waals surface area contributed by atoms with Gasteiger partial charge in [-0.05, 0) is 61.1 Å². The summed E-state index contributed by atoms with van der Waals surface area (Å²) in [5, 5.41) is 0.191. The molecule has 19 heavy (non-hydrogen) atoms. The molecule has 0 heterocycles. The maximum atomic E-state index is 13.5. The number of rotatable bonds is 3. The van der Waals surface area contributed by atoms with Crippen LogP contribution < -0.4 is 5.73 Å². The van der Waals surface area contributed by atoms with Crippen molar-refractivity contribution in [2.75, 3.05) is 0 Å². The molecule has 1 aromatic rings. The van der Waals surface area contributed by atoms with Gasteiger partial charge in [0.15, 0.2) is 0 Å². The molecule has 0 amide bonds. The van der Waals surface area contributed by atoms with Crippen molar-refractivity contribution in [3.63, 3.8) is 0 Å². The standard InChI is InChI=1S/C16H23ClFN/c1-10(2)12-4-6-16(19)13(9-12)7-11-3-5-14(17)15(18)8-11/h3,5,8,10,12-13,16H,4,6-7,9,19H2,1-2H3. The normalized spacial score (nSPS) is 27.8. The molecule has 106 valence electrons. The molecule has 1 aliphatic carbocycles. The van der Waals surface area contributed by atoms with Crippen molar-refractivity contribution in [3.05, 3.63) is 34.6 Å². The van der Waals surface area contributed by atoms with Gasteiger partial charge in [-0.25, -0.2) is 4.39 Å². The second kappa shape index (κ2) is 6.23. The van der Waals surface area contributed by atoms with E-state index in [0.29, 0.717) is 11.8 Å². The van der Waals surface area contributed by atoms with Gasteiger partial charge in [0.1, 0.15) is 5.82 Å². The van der Waals surface area contributed by atoms with Crippen LogP contribution >= 0.6 is 11.6 Å². The monoisotopic (exact) mass is 283 g/mol. The Morgan fingerprint density at radius 2 is 2.11 bits per heavy atom. The number of nitrogens with two attached hydrogens (primary N) is 1. The van der Waals surface area contributed by atoms with Gasteiger partial charge in [0, 0.05) is 6.04 Å². The third-order valence-electron chi connectivity index (χ3n) is 4.51. The van der Waals surface area contributed by atoms with Crippen molar-refractivity contribution in [1.29, 1.82) is 0 Å². The van der Waals surface area contributed by atoms with Crippen LogP contribution in [0.15, 0.2) is 18.2 Å². The Hall–Kier alpha value is -0.600. The average molecular weight is 284 g/mol. The first-order valence-electron chi connectivity index (χ1n) is 7.17. The third kappa shape index (κ3) is 3.70. The fourth-order valence-corrected chi connectivity index (χ4v) is 3.25. The van der Waals surface area contributed by atoms with E-state index < -0.39 is 0 Å². The van der Waals surface area contributed by atoms with Crippen LogP contribution in [0, 0.1) is 23.6 Å². The van der Waals surface area contributed by atoms with E-state index in [1.54, 1.807) is 12.1 Å². The minimum absolute atomic E-state index is 0.191. The van der Waals surface area contributed by atoms with Gasteiger partial charge in [0.2, 0.25) is 0 Å². The van der Waals surface area contributed by atoms with Gasteiger partial charge in [-0.3, -0.25) is 0 Å². The molecule has 2 N–H and O–H groups in total. The van der Waals surface area contributed by atoms with Crippen LogP contribution in [0.4, 0.5) is 4.39 Å². The Bertz CT molecular complexity index is 433. The minimum Gasteiger partial charge on any atom is -0.327 e. The lowest BCUT2D eigenvalue weighted by atomic mass is 9.72. The molecule has 0 bridgehead atoms. The molecule has 0 spiro atoms. The zero-order valence-electron chi connectivity index (χ0n) is 11.7. The maximum Gasteiger partial charge on any atom is 0.142 e. The van der Waals surface area contributed by atoms with E-state index in [-0.39, 0.29) is 16.9 Å². The molecule has 1 saturated carbocycles. The summed E-state index contributed by atoms with van der Waals surface area (Å²) in [6, 6.07) is 5.35. The molecule has 1 fully saturated rings. The summed E-state index contributed by atoms with van der Waals surface area (Å²) in [6.07, 6.45) is 4.33. The highest BCUT2D eigenvalue weighted by atomic mass is 35.5. The second-order valence-electron chi connectivity index (χ2n) is 6.19. The van der Waals surface area contributed by atoms with Gasteiger partial charge in [0.25, 0.3) is 0 Å². The molecule has 0 radical (unpaired) electrons. The maximum absolute atomic E-state index is 13.5. The van der Waals surface area contributed by atoms with Crippen LogP contribution in [0.25, 0.3) is 0 Å². The van der Waals surface area contributed by atoms with Gasteiger partial charge in [-0.1, -0.05) is 31.5 Å². The molecule has 1 nitrogen and oxygen atoms in total. The predicted octanol–water partition coefficient (Wildman–Crippen LogP) is 4.42. The number of halogens is 2. The third-order valence-corrected chi connectivity index (χ3v) is 4.81. The highest BCUT2D eigenvalue weighted by Crippen LogP contribution is 2.35. The van der Waals surface area contributed by atoms with Gasteiger partial charge in [-0.15, -0.1) is 0 Å². The first kappa shape index (κ1) is 14.8. The van der Waals surface area contributed by atoms with E-state index in [4.69, 9.17) is 17.3 Å². The Morgan fingerprint density at radius 1 is 1.37 bits per heavy atom. The first-order valence-corrected chi connectivity index (χ1v) is 7.54. The van der Waals surface area contributed by atoms with Crippen molar-refractivity contribution in [2.45, 2.75) is 45.6 Å². The van der Waals surface area contributed by atoms with Gasteiger partial charge in [0.05, 0.1) is 5.02 Å². The molecule has 3 unspecified atom stereocenters. The lowest BCUT2D eigenvalue weighted by Gasteiger charge is -2.36. The summed E-state index contributed by atoms with van der Waals surface area (Å²) >= 11 is 5.72. The molecular weight excluding hydrogens is 261 g/mol. The summed E-state index contributed by atoms with van der Waals surface area (Å²) in [4.78, 5) is 0. The predicted molar refractivity (Wildman–Crippen MR) is 78.8 cm³/mol. The van der Waals surface area contributed by atoms with E-state index in [1.807, 2.05) is 6.07 Å². The molecule has 0 aliphatic heterocycles. The van der Waals surface area contributed by atoms with Crippen molar-refractivity contribution in [2.24, 2.45) is 23.5 Å². The van der Waals surface area contributed by atoms with Crippen LogP contribution in [0.1, 0.15) is 38.7 Å². The topological polar surface area (TPSA) is 26.0 Å². The molecular formula is C16H23ClFN. The van der Waals surface area contributed by atoms with E-state index in [0.717, 1.165) is 30.7 Å². The summed E-state index contributed by atoms with van der Waals surface area (Å²) < 4.78 is 13.5. The van der Waals surface area contributed by atoms with Crippen LogP contribution in [-0.4, -0.2) is 6.04 Å². The van der Waals surface area contributed by atoms with E-state index in [9.17, 15) is 4.39 Å². The van der Waals surface area contributed by atoms with Crippen molar-refractivity contribution >= 4 is 11.6 Å². The van der Waals surface area contributed by atoms with Crippen LogP contribution in [-0.2, 0) is 6.42 Å². The Morgan fingerprint density at radius 3 is 2.74 bits per heavy atom. The van der Waals surface area contributed by atoms with E-state index in [1.165, 1.54) is 6.42 Å². The molecule has 1 aromatic carbocycles. The first-order chi connectivity index (χ1) is 8.97. The van der Waals surface area contributed by atoms with Gasteiger partial charge in [-0.2, -0.15) is 0 Å². The van der Waals surface area contributed by atoms with Gasteiger partial charge >= 0.3 is 0 Å². The highest BCUT2D eigenvalue weighted by molar-refractivity contribution is 6.30. The van der Waals surface area contributed by atoms with E-state index >= 15 is 0 Å². The van der Waals surface area contributed by atoms with Crippen molar-refractivity contribution in [1.82, 2.24) is 0 Å². The Balaban J connectivity index is 2.05. The fraction of sp³-hybridized carbons (Fsp3) is 0.625. The van der Waals surface area contributed by atoms with Crippen molar-refractivity contribution < 1.29 is 4.39 Å². The van der Waals surface area contributed by atoms with E-state index in [2.05, 4.69) is 13.8 Å². The molecule has 0 saturated heterocycles. The molecule has 2 rings (SSSR count). The summed E-state index contributed by atoms with van der Waals surface area (Å²) in [5.41, 5.74) is 7.24. The molecule has 3 atom stereocenters. The zero-order valence-corrected chi connectivity index (χ0v) is 12.5. The summed E-state index contributed by atoms with van der Waals surface area (Å²) in [6.45, 7) is 4.56. The number of hydrogen-bond donors (Lipinski definition) is 1. The quantitative estimate of drug-likeness (QED) is 0.873. The van der Waals surface area contributed by atoms with Crippen molar-refractivity contribution in [3.8, 4) is 0 Å². The second-order valence-corrected chi connectivity index (χ2v) is 6.60. The number of hydrogen-bond acceptors (Lipinski definition) is 1. The molecule has 0 aromatic heterocycles. The fourth-order valence-electron chi connectivity index (χ4n) is 3.13. The lowest BCUT2D eigenvalue weighted by molar-refractivity contribution is 0.189. The Labute approximate surface area is 120 Å². The molecule has 1 aliphatic rings. The smallest absolute Gasteiger partial charge is 0.142 e. The van der Waals surface area contributed by atoms with Crippen LogP contribution in [0.3, 0.4) is 0 Å². The summed E-state index contributed by atoms with van der Waals surface area (Å²) in [7, 11) is 0. The molecule has 3 heteroatoms. The lowest BCUT2D eigenvalue weighted by Crippen LogP contribution is -2.38. The zero-order chi connectivity index (χ0) is 14.0. The summed E-state index contributed by atoms with van der Waals surface area (Å²) in [5.74, 6) is 1.59. The number of benzene rings is 1. The minimum atomic E-state index is -0.330.